The van der Waals surface area contributed by atoms with E-state index in [4.69, 9.17) is 15.4 Å². The van der Waals surface area contributed by atoms with Crippen LogP contribution in [0.2, 0.25) is 0 Å². The van der Waals surface area contributed by atoms with Gasteiger partial charge in [0.2, 0.25) is 0 Å². The summed E-state index contributed by atoms with van der Waals surface area (Å²) in [5.41, 5.74) is 7.03. The highest BCUT2D eigenvalue weighted by Gasteiger charge is 2.13. The largest absolute Gasteiger partial charge is 0.459 e. The third kappa shape index (κ3) is 1.66. The molecule has 0 bridgehead atoms. The lowest BCUT2D eigenvalue weighted by Crippen LogP contribution is -2.10. The highest BCUT2D eigenvalue weighted by Crippen LogP contribution is 2.25. The van der Waals surface area contributed by atoms with E-state index in [9.17, 15) is 4.79 Å². The monoisotopic (exact) mass is 212 g/mol. The van der Waals surface area contributed by atoms with Crippen molar-refractivity contribution in [2.24, 2.45) is 5.73 Å². The maximum absolute atomic E-state index is 11.1. The first-order valence-electron chi connectivity index (χ1n) is 4.60. The lowest BCUT2D eigenvalue weighted by atomic mass is 10.0. The van der Waals surface area contributed by atoms with Gasteiger partial charge in [0.05, 0.1) is 17.9 Å². The number of primary amides is 1. The summed E-state index contributed by atoms with van der Waals surface area (Å²) in [5, 5.41) is 8.77. The summed E-state index contributed by atoms with van der Waals surface area (Å²) in [6.07, 6.45) is 1.40. The summed E-state index contributed by atoms with van der Waals surface area (Å²) in [7, 11) is 0. The predicted molar refractivity (Wildman–Crippen MR) is 57.4 cm³/mol. The van der Waals surface area contributed by atoms with E-state index in [2.05, 4.69) is 0 Å². The number of furan rings is 1. The van der Waals surface area contributed by atoms with E-state index in [1.54, 1.807) is 30.3 Å². The van der Waals surface area contributed by atoms with Gasteiger partial charge in [-0.15, -0.1) is 0 Å². The van der Waals surface area contributed by atoms with E-state index in [-0.39, 0.29) is 5.76 Å². The zero-order valence-corrected chi connectivity index (χ0v) is 8.31. The third-order valence-corrected chi connectivity index (χ3v) is 2.19. The lowest BCUT2D eigenvalue weighted by Gasteiger charge is -1.99. The fraction of sp³-hybridized carbons (Fsp3) is 0. The standard InChI is InChI=1S/C12H8N2O2/c13-7-8-2-1-3-9(6-8)10-4-5-16-11(10)12(14)15/h1-6H,(H2,14,15). The Morgan fingerprint density at radius 2 is 2.19 bits per heavy atom. The first-order chi connectivity index (χ1) is 7.72. The fourth-order valence-electron chi connectivity index (χ4n) is 1.48. The molecule has 0 saturated carbocycles. The van der Waals surface area contributed by atoms with Crippen LogP contribution in [0.25, 0.3) is 11.1 Å². The van der Waals surface area contributed by atoms with Gasteiger partial charge in [-0.3, -0.25) is 4.79 Å². The minimum absolute atomic E-state index is 0.107. The van der Waals surface area contributed by atoms with Crippen LogP contribution in [0, 0.1) is 11.3 Å². The van der Waals surface area contributed by atoms with E-state index >= 15 is 0 Å². The van der Waals surface area contributed by atoms with Crippen molar-refractivity contribution in [2.45, 2.75) is 0 Å². The van der Waals surface area contributed by atoms with Gasteiger partial charge in [-0.25, -0.2) is 0 Å². The molecular formula is C12H8N2O2. The van der Waals surface area contributed by atoms with Crippen molar-refractivity contribution in [3.8, 4) is 17.2 Å². The van der Waals surface area contributed by atoms with Crippen molar-refractivity contribution in [2.75, 3.05) is 0 Å². The van der Waals surface area contributed by atoms with Gasteiger partial charge in [0.1, 0.15) is 0 Å². The second-order valence-corrected chi connectivity index (χ2v) is 3.22. The summed E-state index contributed by atoms with van der Waals surface area (Å²) < 4.78 is 5.00. The average Bonchev–Trinajstić information content (AvgIpc) is 2.78. The maximum atomic E-state index is 11.1. The molecule has 0 spiro atoms. The summed E-state index contributed by atoms with van der Waals surface area (Å²) in [6.45, 7) is 0. The number of nitrogens with two attached hydrogens (primary N) is 1. The van der Waals surface area contributed by atoms with Crippen molar-refractivity contribution in [1.29, 1.82) is 5.26 Å². The molecule has 1 aromatic heterocycles. The molecule has 0 atom stereocenters. The van der Waals surface area contributed by atoms with Crippen LogP contribution in [0.4, 0.5) is 0 Å². The van der Waals surface area contributed by atoms with Gasteiger partial charge in [-0.05, 0) is 23.8 Å². The Hall–Kier alpha value is -2.54. The molecule has 1 amide bonds. The molecule has 4 nitrogen and oxygen atoms in total. The van der Waals surface area contributed by atoms with Crippen molar-refractivity contribution in [1.82, 2.24) is 0 Å². The third-order valence-electron chi connectivity index (χ3n) is 2.19. The minimum Gasteiger partial charge on any atom is -0.459 e. The molecule has 1 heterocycles. The van der Waals surface area contributed by atoms with Gasteiger partial charge in [0, 0.05) is 5.56 Å². The number of benzene rings is 1. The first-order valence-corrected chi connectivity index (χ1v) is 4.60. The summed E-state index contributed by atoms with van der Waals surface area (Å²) >= 11 is 0. The summed E-state index contributed by atoms with van der Waals surface area (Å²) in [5.74, 6) is -0.516. The van der Waals surface area contributed by atoms with Crippen LogP contribution in [0.15, 0.2) is 41.0 Å². The Labute approximate surface area is 91.9 Å². The van der Waals surface area contributed by atoms with Gasteiger partial charge in [-0.1, -0.05) is 12.1 Å². The summed E-state index contributed by atoms with van der Waals surface area (Å²) in [4.78, 5) is 11.1. The SMILES string of the molecule is N#Cc1cccc(-c2ccoc2C(N)=O)c1. The van der Waals surface area contributed by atoms with Crippen LogP contribution >= 0.6 is 0 Å². The number of hydrogen-bond acceptors (Lipinski definition) is 3. The molecule has 78 valence electrons. The zero-order valence-electron chi connectivity index (χ0n) is 8.31. The topological polar surface area (TPSA) is 80.0 Å². The van der Waals surface area contributed by atoms with Crippen LogP contribution in [-0.4, -0.2) is 5.91 Å². The first kappa shape index (κ1) is 9.99. The predicted octanol–water partition coefficient (Wildman–Crippen LogP) is 1.92. The van der Waals surface area contributed by atoms with Crippen molar-refractivity contribution >= 4 is 5.91 Å². The Bertz CT molecular complexity index is 579. The Balaban J connectivity index is 2.55. The van der Waals surface area contributed by atoms with Gasteiger partial charge >= 0.3 is 0 Å². The van der Waals surface area contributed by atoms with E-state index in [0.29, 0.717) is 11.1 Å². The molecule has 16 heavy (non-hydrogen) atoms. The van der Waals surface area contributed by atoms with Crippen LogP contribution in [-0.2, 0) is 0 Å². The van der Waals surface area contributed by atoms with E-state index < -0.39 is 5.91 Å². The molecule has 0 unspecified atom stereocenters. The normalized spacial score (nSPS) is 9.69. The number of nitriles is 1. The van der Waals surface area contributed by atoms with Crippen LogP contribution in [0.1, 0.15) is 16.1 Å². The van der Waals surface area contributed by atoms with Gasteiger partial charge in [0.25, 0.3) is 5.91 Å². The van der Waals surface area contributed by atoms with Crippen molar-refractivity contribution in [3.05, 3.63) is 47.9 Å². The van der Waals surface area contributed by atoms with Crippen molar-refractivity contribution in [3.63, 3.8) is 0 Å². The number of nitrogens with zero attached hydrogens (tertiary/aromatic N) is 1. The second kappa shape index (κ2) is 3.91. The van der Waals surface area contributed by atoms with Gasteiger partial charge < -0.3 is 10.2 Å². The Kier molecular flexibility index (Phi) is 2.44. The molecule has 0 radical (unpaired) electrons. The average molecular weight is 212 g/mol. The zero-order chi connectivity index (χ0) is 11.5. The Morgan fingerprint density at radius 3 is 2.88 bits per heavy atom. The summed E-state index contributed by atoms with van der Waals surface area (Å²) in [6, 6.07) is 10.6. The van der Waals surface area contributed by atoms with E-state index in [1.807, 2.05) is 6.07 Å². The molecule has 4 heteroatoms. The molecular weight excluding hydrogens is 204 g/mol. The van der Waals surface area contributed by atoms with Crippen LogP contribution in [0.3, 0.4) is 0 Å². The highest BCUT2D eigenvalue weighted by atomic mass is 16.3. The molecule has 2 aromatic rings. The van der Waals surface area contributed by atoms with E-state index in [1.165, 1.54) is 6.26 Å². The molecule has 1 aromatic carbocycles. The molecule has 0 aliphatic heterocycles. The van der Waals surface area contributed by atoms with Crippen molar-refractivity contribution < 1.29 is 9.21 Å². The molecule has 0 aliphatic rings. The quantitative estimate of drug-likeness (QED) is 0.825. The van der Waals surface area contributed by atoms with Gasteiger partial charge in [0.15, 0.2) is 5.76 Å². The number of carbonyl (C=O) groups is 1. The van der Waals surface area contributed by atoms with E-state index in [0.717, 1.165) is 5.56 Å². The molecule has 0 aliphatic carbocycles. The number of carbonyl (C=O) groups excluding carboxylic acids is 1. The number of amides is 1. The molecule has 0 saturated heterocycles. The van der Waals surface area contributed by atoms with Crippen LogP contribution in [0.5, 0.6) is 0 Å². The lowest BCUT2D eigenvalue weighted by molar-refractivity contribution is 0.0975. The van der Waals surface area contributed by atoms with Crippen LogP contribution < -0.4 is 5.73 Å². The molecule has 0 fully saturated rings. The smallest absolute Gasteiger partial charge is 0.285 e. The number of hydrogen-bond donors (Lipinski definition) is 1. The Morgan fingerprint density at radius 1 is 1.38 bits per heavy atom. The maximum Gasteiger partial charge on any atom is 0.285 e. The number of rotatable bonds is 2. The minimum atomic E-state index is -0.623. The van der Waals surface area contributed by atoms with Gasteiger partial charge in [-0.2, -0.15) is 5.26 Å². The highest BCUT2D eigenvalue weighted by molar-refractivity contribution is 5.97. The fourth-order valence-corrected chi connectivity index (χ4v) is 1.48. The second-order valence-electron chi connectivity index (χ2n) is 3.22. The molecule has 2 N–H and O–H groups in total. The molecule has 2 rings (SSSR count).